The van der Waals surface area contributed by atoms with Crippen LogP contribution >= 0.6 is 0 Å². The Hall–Kier alpha value is -1.50. The number of hydrogen-bond acceptors (Lipinski definition) is 4. The van der Waals surface area contributed by atoms with Crippen LogP contribution in [0.5, 0.6) is 0 Å². The molecule has 1 saturated heterocycles. The van der Waals surface area contributed by atoms with Gasteiger partial charge in [0.1, 0.15) is 11.9 Å². The van der Waals surface area contributed by atoms with Crippen molar-refractivity contribution in [3.8, 4) is 0 Å². The minimum Gasteiger partial charge on any atom is -0.378 e. The second-order valence-corrected chi connectivity index (χ2v) is 5.05. The summed E-state index contributed by atoms with van der Waals surface area (Å²) in [4.78, 5) is 14.0. The summed E-state index contributed by atoms with van der Waals surface area (Å²) in [6.45, 7) is 4.48. The van der Waals surface area contributed by atoms with Crippen molar-refractivity contribution in [3.05, 3.63) is 35.1 Å². The van der Waals surface area contributed by atoms with Gasteiger partial charge in [0, 0.05) is 37.3 Å². The van der Waals surface area contributed by atoms with Crippen LogP contribution in [0, 0.1) is 5.82 Å². The fourth-order valence-corrected chi connectivity index (χ4v) is 2.49. The first-order chi connectivity index (χ1) is 10.2. The van der Waals surface area contributed by atoms with Crippen molar-refractivity contribution >= 4 is 5.91 Å². The maximum absolute atomic E-state index is 14.3. The average molecular weight is 295 g/mol. The fourth-order valence-electron chi connectivity index (χ4n) is 2.49. The normalized spacial score (nSPS) is 19.5. The maximum Gasteiger partial charge on any atom is 0.239 e. The Morgan fingerprint density at radius 2 is 2.29 bits per heavy atom. The second-order valence-electron chi connectivity index (χ2n) is 5.05. The summed E-state index contributed by atoms with van der Waals surface area (Å²) in [5.74, 6) is -0.353. The molecule has 1 aromatic carbocycles. The van der Waals surface area contributed by atoms with Crippen LogP contribution in [0.4, 0.5) is 4.39 Å². The molecule has 6 heteroatoms. The minimum atomic E-state index is -0.375. The van der Waals surface area contributed by atoms with Gasteiger partial charge in [0.25, 0.3) is 0 Å². The number of halogens is 1. The van der Waals surface area contributed by atoms with Gasteiger partial charge >= 0.3 is 0 Å². The molecule has 1 fully saturated rings. The molecule has 0 aliphatic carbocycles. The van der Waals surface area contributed by atoms with Crippen molar-refractivity contribution in [1.29, 1.82) is 0 Å². The van der Waals surface area contributed by atoms with Crippen molar-refractivity contribution in [3.63, 3.8) is 0 Å². The maximum atomic E-state index is 14.3. The molecule has 1 aliphatic rings. The van der Waals surface area contributed by atoms with Crippen molar-refractivity contribution in [2.45, 2.75) is 26.1 Å². The SMILES string of the molecule is CCNC(=O)C1COCCN1Cc1cccc(CN)c1F. The standard InChI is InChI=1S/C15H22FN3O2/c1-2-18-15(20)13-10-21-7-6-19(13)9-12-5-3-4-11(8-17)14(12)16/h3-5,13H,2,6-10,17H2,1H3,(H,18,20). The summed E-state index contributed by atoms with van der Waals surface area (Å²) in [5, 5.41) is 2.79. The summed E-state index contributed by atoms with van der Waals surface area (Å²) in [6, 6.07) is 4.83. The Morgan fingerprint density at radius 3 is 3.00 bits per heavy atom. The van der Waals surface area contributed by atoms with Gasteiger partial charge in [0.05, 0.1) is 13.2 Å². The number of rotatable bonds is 5. The second kappa shape index (κ2) is 7.49. The quantitative estimate of drug-likeness (QED) is 0.836. The van der Waals surface area contributed by atoms with E-state index in [0.29, 0.717) is 44.0 Å². The van der Waals surface area contributed by atoms with E-state index in [9.17, 15) is 9.18 Å². The molecule has 0 bridgehead atoms. The zero-order valence-electron chi connectivity index (χ0n) is 12.3. The van der Waals surface area contributed by atoms with Crippen LogP contribution in [-0.2, 0) is 22.6 Å². The van der Waals surface area contributed by atoms with Gasteiger partial charge in [-0.25, -0.2) is 4.39 Å². The molecule has 0 saturated carbocycles. The molecule has 1 unspecified atom stereocenters. The zero-order valence-corrected chi connectivity index (χ0v) is 12.3. The summed E-state index contributed by atoms with van der Waals surface area (Å²) in [5.41, 5.74) is 6.59. The lowest BCUT2D eigenvalue weighted by molar-refractivity contribution is -0.132. The average Bonchev–Trinajstić information content (AvgIpc) is 2.50. The molecule has 1 aliphatic heterocycles. The molecule has 1 heterocycles. The van der Waals surface area contributed by atoms with Crippen LogP contribution in [-0.4, -0.2) is 43.2 Å². The summed E-state index contributed by atoms with van der Waals surface area (Å²) >= 11 is 0. The van der Waals surface area contributed by atoms with Crippen molar-refractivity contribution in [2.75, 3.05) is 26.3 Å². The van der Waals surface area contributed by atoms with E-state index in [-0.39, 0.29) is 24.3 Å². The van der Waals surface area contributed by atoms with E-state index < -0.39 is 0 Å². The molecule has 116 valence electrons. The highest BCUT2D eigenvalue weighted by Crippen LogP contribution is 2.18. The van der Waals surface area contributed by atoms with Crippen molar-refractivity contribution in [2.24, 2.45) is 5.73 Å². The highest BCUT2D eigenvalue weighted by Gasteiger charge is 2.29. The van der Waals surface area contributed by atoms with Crippen LogP contribution in [0.1, 0.15) is 18.1 Å². The van der Waals surface area contributed by atoms with Crippen molar-refractivity contribution in [1.82, 2.24) is 10.2 Å². The first kappa shape index (κ1) is 15.9. The van der Waals surface area contributed by atoms with Gasteiger partial charge in [0.15, 0.2) is 0 Å². The van der Waals surface area contributed by atoms with Gasteiger partial charge in [-0.1, -0.05) is 18.2 Å². The largest absolute Gasteiger partial charge is 0.378 e. The first-order valence-electron chi connectivity index (χ1n) is 7.23. The number of amides is 1. The van der Waals surface area contributed by atoms with E-state index in [2.05, 4.69) is 5.32 Å². The van der Waals surface area contributed by atoms with Gasteiger partial charge < -0.3 is 15.8 Å². The van der Waals surface area contributed by atoms with Crippen LogP contribution in [0.3, 0.4) is 0 Å². The summed E-state index contributed by atoms with van der Waals surface area (Å²) < 4.78 is 19.6. The topological polar surface area (TPSA) is 67.6 Å². The van der Waals surface area contributed by atoms with E-state index in [1.807, 2.05) is 11.8 Å². The Morgan fingerprint density at radius 1 is 1.52 bits per heavy atom. The number of nitrogens with two attached hydrogens (primary N) is 1. The Balaban J connectivity index is 2.14. The lowest BCUT2D eigenvalue weighted by atomic mass is 10.1. The molecule has 0 aromatic heterocycles. The molecule has 2 rings (SSSR count). The molecular formula is C15H22FN3O2. The van der Waals surface area contributed by atoms with E-state index in [1.54, 1.807) is 18.2 Å². The molecular weight excluding hydrogens is 273 g/mol. The predicted octanol–water partition coefficient (Wildman–Crippen LogP) is 0.621. The number of carbonyl (C=O) groups excluding carboxylic acids is 1. The predicted molar refractivity (Wildman–Crippen MR) is 78.0 cm³/mol. The molecule has 21 heavy (non-hydrogen) atoms. The molecule has 3 N–H and O–H groups in total. The Kier molecular flexibility index (Phi) is 5.67. The number of morpholine rings is 1. The van der Waals surface area contributed by atoms with Gasteiger partial charge in [-0.3, -0.25) is 9.69 Å². The van der Waals surface area contributed by atoms with E-state index >= 15 is 0 Å². The smallest absolute Gasteiger partial charge is 0.239 e. The third kappa shape index (κ3) is 3.78. The molecule has 1 atom stereocenters. The van der Waals surface area contributed by atoms with Gasteiger partial charge in [0.2, 0.25) is 5.91 Å². The third-order valence-corrected chi connectivity index (χ3v) is 3.65. The van der Waals surface area contributed by atoms with Crippen LogP contribution in [0.2, 0.25) is 0 Å². The van der Waals surface area contributed by atoms with Crippen LogP contribution in [0.25, 0.3) is 0 Å². The number of benzene rings is 1. The highest BCUT2D eigenvalue weighted by atomic mass is 19.1. The highest BCUT2D eigenvalue weighted by molar-refractivity contribution is 5.81. The van der Waals surface area contributed by atoms with E-state index in [1.165, 1.54) is 0 Å². The Bertz CT molecular complexity index is 496. The summed E-state index contributed by atoms with van der Waals surface area (Å²) in [6.07, 6.45) is 0. The number of nitrogens with zero attached hydrogens (tertiary/aromatic N) is 1. The summed E-state index contributed by atoms with van der Waals surface area (Å²) in [7, 11) is 0. The lowest BCUT2D eigenvalue weighted by Gasteiger charge is -2.34. The molecule has 1 aromatic rings. The first-order valence-corrected chi connectivity index (χ1v) is 7.23. The zero-order chi connectivity index (χ0) is 15.2. The lowest BCUT2D eigenvalue weighted by Crippen LogP contribution is -2.53. The number of likely N-dealkylation sites (N-methyl/N-ethyl adjacent to an activating group) is 1. The fraction of sp³-hybridized carbons (Fsp3) is 0.533. The van der Waals surface area contributed by atoms with E-state index in [0.717, 1.165) is 0 Å². The number of ether oxygens (including phenoxy) is 1. The number of carbonyl (C=O) groups is 1. The van der Waals surface area contributed by atoms with Crippen molar-refractivity contribution < 1.29 is 13.9 Å². The van der Waals surface area contributed by atoms with E-state index in [4.69, 9.17) is 10.5 Å². The molecule has 0 radical (unpaired) electrons. The molecule has 0 spiro atoms. The monoisotopic (exact) mass is 295 g/mol. The van der Waals surface area contributed by atoms with Gasteiger partial charge in [-0.15, -0.1) is 0 Å². The molecule has 5 nitrogen and oxygen atoms in total. The Labute approximate surface area is 124 Å². The number of hydrogen-bond donors (Lipinski definition) is 2. The van der Waals surface area contributed by atoms with Gasteiger partial charge in [-0.05, 0) is 6.92 Å². The van der Waals surface area contributed by atoms with Gasteiger partial charge in [-0.2, -0.15) is 0 Å². The number of nitrogens with one attached hydrogen (secondary N) is 1. The molecule has 1 amide bonds. The third-order valence-electron chi connectivity index (χ3n) is 3.65. The minimum absolute atomic E-state index is 0.0763. The van der Waals surface area contributed by atoms with Crippen LogP contribution < -0.4 is 11.1 Å². The van der Waals surface area contributed by atoms with Crippen LogP contribution in [0.15, 0.2) is 18.2 Å².